The van der Waals surface area contributed by atoms with Crippen molar-refractivity contribution < 1.29 is 35.9 Å². The Hall–Kier alpha value is -1.77. The maximum absolute atomic E-state index is 12.7. The number of amides is 1. The number of nitrogens with one attached hydrogen (secondary N) is 1. The summed E-state index contributed by atoms with van der Waals surface area (Å²) in [6, 6.07) is 0.878. The van der Waals surface area contributed by atoms with Crippen LogP contribution >= 0.6 is 0 Å². The van der Waals surface area contributed by atoms with Crippen molar-refractivity contribution in [2.45, 2.75) is 38.2 Å². The summed E-state index contributed by atoms with van der Waals surface area (Å²) in [5.74, 6) is -0.838. The van der Waals surface area contributed by atoms with Crippen LogP contribution in [0.5, 0.6) is 0 Å². The number of rotatable bonds is 4. The molecule has 1 unspecified atom stereocenters. The number of anilines is 1. The predicted molar refractivity (Wildman–Crippen MR) is 70.8 cm³/mol. The van der Waals surface area contributed by atoms with E-state index in [1.54, 1.807) is 6.92 Å². The van der Waals surface area contributed by atoms with Crippen molar-refractivity contribution in [2.24, 2.45) is 0 Å². The summed E-state index contributed by atoms with van der Waals surface area (Å²) in [7, 11) is 1.22. The van der Waals surface area contributed by atoms with Crippen LogP contribution in [0.2, 0.25) is 0 Å². The van der Waals surface area contributed by atoms with Crippen molar-refractivity contribution in [1.29, 1.82) is 0 Å². The third kappa shape index (κ3) is 4.60. The van der Waals surface area contributed by atoms with Crippen LogP contribution in [0, 0.1) is 0 Å². The molecule has 0 fully saturated rings. The van der Waals surface area contributed by atoms with Crippen molar-refractivity contribution >= 4 is 11.6 Å². The first kappa shape index (κ1) is 19.3. The van der Waals surface area contributed by atoms with Crippen molar-refractivity contribution in [3.63, 3.8) is 0 Å². The number of methoxy groups -OCH3 is 1. The van der Waals surface area contributed by atoms with Gasteiger partial charge in [0.25, 0.3) is 5.91 Å². The highest BCUT2D eigenvalue weighted by Gasteiger charge is 2.38. The summed E-state index contributed by atoms with van der Waals surface area (Å²) in [5.41, 5.74) is -4.97. The summed E-state index contributed by atoms with van der Waals surface area (Å²) >= 11 is 0. The van der Waals surface area contributed by atoms with Gasteiger partial charge in [0.15, 0.2) is 0 Å². The van der Waals surface area contributed by atoms with Crippen molar-refractivity contribution in [1.82, 2.24) is 0 Å². The second-order valence-electron chi connectivity index (χ2n) is 5.04. The van der Waals surface area contributed by atoms with E-state index in [-0.39, 0.29) is 12.5 Å². The number of ether oxygens (including phenoxy) is 1. The minimum absolute atomic E-state index is 0.00893. The molecule has 0 saturated heterocycles. The molecular formula is C14H15F6NO2. The lowest BCUT2D eigenvalue weighted by Crippen LogP contribution is -2.41. The average molecular weight is 343 g/mol. The molecule has 0 heterocycles. The third-order valence-corrected chi connectivity index (χ3v) is 3.45. The standard InChI is InChI=1S/C14H15F6NO2/c1-4-12(2,23-3)11(22)21-10-6-8(13(15,16)17)5-9(7-10)14(18,19)20/h5-7H,4H2,1-3H3,(H,21,22). The predicted octanol–water partition coefficient (Wildman–Crippen LogP) is 4.48. The molecule has 1 aromatic rings. The summed E-state index contributed by atoms with van der Waals surface area (Å²) < 4.78 is 81.4. The van der Waals surface area contributed by atoms with Gasteiger partial charge in [0.2, 0.25) is 0 Å². The fourth-order valence-electron chi connectivity index (χ4n) is 1.69. The number of carbonyl (C=O) groups is 1. The van der Waals surface area contributed by atoms with Gasteiger partial charge in [-0.25, -0.2) is 0 Å². The summed E-state index contributed by atoms with van der Waals surface area (Å²) in [4.78, 5) is 12.0. The van der Waals surface area contributed by atoms with Gasteiger partial charge in [-0.05, 0) is 31.5 Å². The van der Waals surface area contributed by atoms with Crippen LogP contribution in [-0.2, 0) is 21.9 Å². The van der Waals surface area contributed by atoms with E-state index in [4.69, 9.17) is 4.74 Å². The first-order valence-electron chi connectivity index (χ1n) is 6.49. The molecule has 0 saturated carbocycles. The van der Waals surface area contributed by atoms with E-state index in [1.165, 1.54) is 14.0 Å². The van der Waals surface area contributed by atoms with Crippen LogP contribution in [0.1, 0.15) is 31.4 Å². The minimum Gasteiger partial charge on any atom is -0.369 e. The van der Waals surface area contributed by atoms with Crippen molar-refractivity contribution in [3.05, 3.63) is 29.3 Å². The van der Waals surface area contributed by atoms with Crippen LogP contribution in [0.25, 0.3) is 0 Å². The smallest absolute Gasteiger partial charge is 0.369 e. The average Bonchev–Trinajstić information content (AvgIpc) is 2.44. The Labute approximate surface area is 128 Å². The monoisotopic (exact) mass is 343 g/mol. The summed E-state index contributed by atoms with van der Waals surface area (Å²) in [6.45, 7) is 2.97. The van der Waals surface area contributed by atoms with Gasteiger partial charge in [-0.15, -0.1) is 0 Å². The van der Waals surface area contributed by atoms with Crippen LogP contribution in [-0.4, -0.2) is 18.6 Å². The maximum Gasteiger partial charge on any atom is 0.416 e. The van der Waals surface area contributed by atoms with E-state index >= 15 is 0 Å². The Kier molecular flexibility index (Phi) is 5.35. The molecule has 1 rings (SSSR count). The van der Waals surface area contributed by atoms with Crippen LogP contribution < -0.4 is 5.32 Å². The molecule has 0 bridgehead atoms. The molecule has 3 nitrogen and oxygen atoms in total. The molecule has 23 heavy (non-hydrogen) atoms. The van der Waals surface area contributed by atoms with Gasteiger partial charge in [-0.2, -0.15) is 26.3 Å². The highest BCUT2D eigenvalue weighted by atomic mass is 19.4. The van der Waals surface area contributed by atoms with Crippen molar-refractivity contribution in [2.75, 3.05) is 12.4 Å². The Morgan fingerprint density at radius 1 is 1.04 bits per heavy atom. The molecule has 0 spiro atoms. The second kappa shape index (κ2) is 6.38. The van der Waals surface area contributed by atoms with Gasteiger partial charge in [-0.3, -0.25) is 4.79 Å². The Bertz CT molecular complexity index is 543. The normalized spacial score (nSPS) is 15.2. The molecule has 1 aromatic carbocycles. The van der Waals surface area contributed by atoms with E-state index in [2.05, 4.69) is 0 Å². The van der Waals surface area contributed by atoms with E-state index < -0.39 is 40.7 Å². The number of carbonyl (C=O) groups excluding carboxylic acids is 1. The lowest BCUT2D eigenvalue weighted by molar-refractivity contribution is -0.143. The molecule has 0 aliphatic rings. The molecule has 0 radical (unpaired) electrons. The molecule has 1 atom stereocenters. The largest absolute Gasteiger partial charge is 0.416 e. The lowest BCUT2D eigenvalue weighted by Gasteiger charge is -2.25. The van der Waals surface area contributed by atoms with Crippen LogP contribution in [0.15, 0.2) is 18.2 Å². The van der Waals surface area contributed by atoms with Gasteiger partial charge in [0, 0.05) is 12.8 Å². The zero-order valence-electron chi connectivity index (χ0n) is 12.5. The first-order chi connectivity index (χ1) is 10.3. The van der Waals surface area contributed by atoms with E-state index in [0.717, 1.165) is 0 Å². The molecular weight excluding hydrogens is 328 g/mol. The summed E-state index contributed by atoms with van der Waals surface area (Å²) in [6.07, 6.45) is -9.77. The fourth-order valence-corrected chi connectivity index (χ4v) is 1.69. The van der Waals surface area contributed by atoms with Gasteiger partial charge in [0.1, 0.15) is 5.60 Å². The van der Waals surface area contributed by atoms with E-state index in [9.17, 15) is 31.1 Å². The quantitative estimate of drug-likeness (QED) is 0.819. The minimum atomic E-state index is -4.98. The highest BCUT2D eigenvalue weighted by molar-refractivity contribution is 5.97. The maximum atomic E-state index is 12.7. The molecule has 130 valence electrons. The summed E-state index contributed by atoms with van der Waals surface area (Å²) in [5, 5.41) is 2.05. The SMILES string of the molecule is CCC(C)(OC)C(=O)Nc1cc(C(F)(F)F)cc(C(F)(F)F)c1. The fraction of sp³-hybridized carbons (Fsp3) is 0.500. The van der Waals surface area contributed by atoms with E-state index in [0.29, 0.717) is 12.1 Å². The molecule has 1 N–H and O–H groups in total. The Morgan fingerprint density at radius 3 is 1.78 bits per heavy atom. The number of benzene rings is 1. The van der Waals surface area contributed by atoms with Gasteiger partial charge >= 0.3 is 12.4 Å². The molecule has 9 heteroatoms. The zero-order valence-corrected chi connectivity index (χ0v) is 12.5. The molecule has 0 aliphatic heterocycles. The number of hydrogen-bond donors (Lipinski definition) is 1. The van der Waals surface area contributed by atoms with E-state index in [1.807, 2.05) is 5.32 Å². The van der Waals surface area contributed by atoms with Crippen molar-refractivity contribution in [3.8, 4) is 0 Å². The molecule has 1 amide bonds. The molecule has 0 aromatic heterocycles. The second-order valence-corrected chi connectivity index (χ2v) is 5.04. The third-order valence-electron chi connectivity index (χ3n) is 3.45. The van der Waals surface area contributed by atoms with Crippen LogP contribution in [0.4, 0.5) is 32.0 Å². The van der Waals surface area contributed by atoms with Gasteiger partial charge in [-0.1, -0.05) is 6.92 Å². The topological polar surface area (TPSA) is 38.3 Å². The Morgan fingerprint density at radius 2 is 1.48 bits per heavy atom. The van der Waals surface area contributed by atoms with Gasteiger partial charge in [0.05, 0.1) is 11.1 Å². The molecule has 0 aliphatic carbocycles. The number of alkyl halides is 6. The lowest BCUT2D eigenvalue weighted by atomic mass is 10.0. The number of halogens is 6. The Balaban J connectivity index is 3.29. The zero-order chi connectivity index (χ0) is 18.1. The number of hydrogen-bond acceptors (Lipinski definition) is 2. The van der Waals surface area contributed by atoms with Crippen LogP contribution in [0.3, 0.4) is 0 Å². The first-order valence-corrected chi connectivity index (χ1v) is 6.49. The highest BCUT2D eigenvalue weighted by Crippen LogP contribution is 2.37. The van der Waals surface area contributed by atoms with Gasteiger partial charge < -0.3 is 10.1 Å².